The van der Waals surface area contributed by atoms with E-state index in [1.807, 2.05) is 19.2 Å². The maximum absolute atomic E-state index is 5.91. The van der Waals surface area contributed by atoms with Crippen LogP contribution in [0.25, 0.3) is 0 Å². The molecule has 0 fully saturated rings. The summed E-state index contributed by atoms with van der Waals surface area (Å²) in [5.41, 5.74) is 0. The van der Waals surface area contributed by atoms with Gasteiger partial charge in [0.15, 0.2) is 0 Å². The van der Waals surface area contributed by atoms with Gasteiger partial charge in [-0.15, -0.1) is 0 Å². The van der Waals surface area contributed by atoms with Crippen molar-refractivity contribution in [3.63, 3.8) is 0 Å². The number of halogens is 2. The van der Waals surface area contributed by atoms with Crippen molar-refractivity contribution in [3.05, 3.63) is 21.1 Å². The van der Waals surface area contributed by atoms with Gasteiger partial charge < -0.3 is 14.8 Å². The average molecular weight is 381 g/mol. The van der Waals surface area contributed by atoms with Crippen LogP contribution in [0.2, 0.25) is 0 Å². The minimum Gasteiger partial charge on any atom is -0.496 e. The van der Waals surface area contributed by atoms with Crippen molar-refractivity contribution in [2.45, 2.75) is 25.9 Å². The molecule has 1 N–H and O–H groups in total. The van der Waals surface area contributed by atoms with Crippen molar-refractivity contribution in [2.75, 3.05) is 20.7 Å². The van der Waals surface area contributed by atoms with Crippen LogP contribution in [0.3, 0.4) is 0 Å². The third-order valence-electron chi connectivity index (χ3n) is 2.57. The SMILES string of the molecule is CNCCCC(C)Oc1cc(Br)c(OC)cc1Br. The van der Waals surface area contributed by atoms with Gasteiger partial charge in [0.25, 0.3) is 0 Å². The van der Waals surface area contributed by atoms with E-state index < -0.39 is 0 Å². The van der Waals surface area contributed by atoms with E-state index >= 15 is 0 Å². The second kappa shape index (κ2) is 8.02. The van der Waals surface area contributed by atoms with Gasteiger partial charge in [-0.2, -0.15) is 0 Å². The Balaban J connectivity index is 2.64. The number of nitrogens with one attached hydrogen (secondary N) is 1. The zero-order valence-corrected chi connectivity index (χ0v) is 14.1. The Morgan fingerprint density at radius 2 is 1.83 bits per heavy atom. The van der Waals surface area contributed by atoms with Crippen LogP contribution in [-0.4, -0.2) is 26.8 Å². The first kappa shape index (κ1) is 15.8. The molecule has 0 aliphatic carbocycles. The Morgan fingerprint density at radius 1 is 1.22 bits per heavy atom. The molecule has 0 heterocycles. The number of rotatable bonds is 7. The van der Waals surface area contributed by atoms with Crippen molar-refractivity contribution >= 4 is 31.9 Å². The quantitative estimate of drug-likeness (QED) is 0.725. The van der Waals surface area contributed by atoms with Gasteiger partial charge in [0.2, 0.25) is 0 Å². The molecule has 0 aliphatic heterocycles. The Hall–Kier alpha value is -0.260. The monoisotopic (exact) mass is 379 g/mol. The zero-order valence-electron chi connectivity index (χ0n) is 10.9. The van der Waals surface area contributed by atoms with E-state index in [4.69, 9.17) is 9.47 Å². The molecule has 0 aliphatic rings. The molecule has 3 nitrogen and oxygen atoms in total. The smallest absolute Gasteiger partial charge is 0.135 e. The number of ether oxygens (including phenoxy) is 2. The number of hydrogen-bond acceptors (Lipinski definition) is 3. The third-order valence-corrected chi connectivity index (χ3v) is 3.81. The molecule has 1 aromatic carbocycles. The minimum absolute atomic E-state index is 0.190. The Kier molecular flexibility index (Phi) is 7.04. The lowest BCUT2D eigenvalue weighted by Crippen LogP contribution is -2.16. The van der Waals surface area contributed by atoms with Crippen molar-refractivity contribution in [3.8, 4) is 11.5 Å². The maximum atomic E-state index is 5.91. The fraction of sp³-hybridized carbons (Fsp3) is 0.538. The van der Waals surface area contributed by atoms with Gasteiger partial charge in [-0.25, -0.2) is 0 Å². The van der Waals surface area contributed by atoms with E-state index in [9.17, 15) is 0 Å². The fourth-order valence-corrected chi connectivity index (χ4v) is 2.50. The topological polar surface area (TPSA) is 30.5 Å². The first-order valence-corrected chi connectivity index (χ1v) is 7.51. The molecular weight excluding hydrogens is 362 g/mol. The zero-order chi connectivity index (χ0) is 13.5. The van der Waals surface area contributed by atoms with Crippen molar-refractivity contribution in [2.24, 2.45) is 0 Å². The molecule has 18 heavy (non-hydrogen) atoms. The van der Waals surface area contributed by atoms with Gasteiger partial charge in [0.1, 0.15) is 11.5 Å². The van der Waals surface area contributed by atoms with E-state index in [0.717, 1.165) is 39.8 Å². The summed E-state index contributed by atoms with van der Waals surface area (Å²) in [5, 5.41) is 3.13. The highest BCUT2D eigenvalue weighted by atomic mass is 79.9. The molecular formula is C13H19Br2NO2. The van der Waals surface area contributed by atoms with Gasteiger partial charge in [0, 0.05) is 0 Å². The molecule has 0 bridgehead atoms. The summed E-state index contributed by atoms with van der Waals surface area (Å²) in [5.74, 6) is 1.62. The standard InChI is InChI=1S/C13H19Br2NO2/c1-9(5-4-6-16-2)18-13-8-10(14)12(17-3)7-11(13)15/h7-9,16H,4-6H2,1-3H3. The van der Waals surface area contributed by atoms with E-state index in [1.54, 1.807) is 7.11 Å². The predicted octanol–water partition coefficient (Wildman–Crippen LogP) is 3.99. The number of hydrogen-bond donors (Lipinski definition) is 1. The Labute approximate surface area is 125 Å². The third kappa shape index (κ3) is 4.78. The summed E-state index contributed by atoms with van der Waals surface area (Å²) in [6.45, 7) is 3.10. The molecule has 1 atom stereocenters. The highest BCUT2D eigenvalue weighted by Crippen LogP contribution is 2.36. The van der Waals surface area contributed by atoms with Crippen molar-refractivity contribution in [1.82, 2.24) is 5.32 Å². The molecule has 0 aromatic heterocycles. The summed E-state index contributed by atoms with van der Waals surface area (Å²) < 4.78 is 12.9. The van der Waals surface area contributed by atoms with Gasteiger partial charge in [0.05, 0.1) is 22.2 Å². The molecule has 0 radical (unpaired) electrons. The second-order valence-corrected chi connectivity index (χ2v) is 5.80. The normalized spacial score (nSPS) is 12.3. The largest absolute Gasteiger partial charge is 0.496 e. The summed E-state index contributed by atoms with van der Waals surface area (Å²) in [6.07, 6.45) is 2.32. The van der Waals surface area contributed by atoms with Gasteiger partial charge in [-0.3, -0.25) is 0 Å². The summed E-state index contributed by atoms with van der Waals surface area (Å²) in [4.78, 5) is 0. The number of benzene rings is 1. The van der Waals surface area contributed by atoms with E-state index in [2.05, 4.69) is 44.1 Å². The van der Waals surface area contributed by atoms with E-state index in [1.165, 1.54) is 0 Å². The average Bonchev–Trinajstić information content (AvgIpc) is 2.33. The molecule has 5 heteroatoms. The summed E-state index contributed by atoms with van der Waals surface area (Å²) >= 11 is 6.95. The van der Waals surface area contributed by atoms with Crippen LogP contribution < -0.4 is 14.8 Å². The van der Waals surface area contributed by atoms with Crippen LogP contribution in [0.15, 0.2) is 21.1 Å². The Morgan fingerprint density at radius 3 is 2.44 bits per heavy atom. The van der Waals surface area contributed by atoms with Crippen LogP contribution in [0.4, 0.5) is 0 Å². The molecule has 1 aromatic rings. The van der Waals surface area contributed by atoms with Gasteiger partial charge in [-0.05, 0) is 77.4 Å². The lowest BCUT2D eigenvalue weighted by Gasteiger charge is -2.17. The highest BCUT2D eigenvalue weighted by molar-refractivity contribution is 9.11. The Bertz CT molecular complexity index is 385. The molecule has 102 valence electrons. The molecule has 0 saturated heterocycles. The lowest BCUT2D eigenvalue weighted by atomic mass is 10.2. The molecule has 0 spiro atoms. The first-order chi connectivity index (χ1) is 8.58. The summed E-state index contributed by atoms with van der Waals surface area (Å²) in [7, 11) is 3.61. The van der Waals surface area contributed by atoms with Crippen LogP contribution in [-0.2, 0) is 0 Å². The van der Waals surface area contributed by atoms with E-state index in [-0.39, 0.29) is 6.10 Å². The summed E-state index contributed by atoms with van der Waals surface area (Å²) in [6, 6.07) is 3.83. The van der Waals surface area contributed by atoms with Crippen LogP contribution >= 0.6 is 31.9 Å². The van der Waals surface area contributed by atoms with Crippen molar-refractivity contribution < 1.29 is 9.47 Å². The molecule has 0 amide bonds. The molecule has 1 unspecified atom stereocenters. The highest BCUT2D eigenvalue weighted by Gasteiger charge is 2.11. The second-order valence-electron chi connectivity index (χ2n) is 4.09. The van der Waals surface area contributed by atoms with Crippen molar-refractivity contribution in [1.29, 1.82) is 0 Å². The maximum Gasteiger partial charge on any atom is 0.135 e. The van der Waals surface area contributed by atoms with E-state index in [0.29, 0.717) is 0 Å². The van der Waals surface area contributed by atoms with Crippen LogP contribution in [0, 0.1) is 0 Å². The van der Waals surface area contributed by atoms with Gasteiger partial charge >= 0.3 is 0 Å². The fourth-order valence-electron chi connectivity index (χ4n) is 1.60. The minimum atomic E-state index is 0.190. The van der Waals surface area contributed by atoms with Crippen LogP contribution in [0.1, 0.15) is 19.8 Å². The molecule has 0 saturated carbocycles. The number of methoxy groups -OCH3 is 1. The molecule has 1 rings (SSSR count). The first-order valence-electron chi connectivity index (χ1n) is 5.92. The van der Waals surface area contributed by atoms with Crippen LogP contribution in [0.5, 0.6) is 11.5 Å². The lowest BCUT2D eigenvalue weighted by molar-refractivity contribution is 0.206. The van der Waals surface area contributed by atoms with Gasteiger partial charge in [-0.1, -0.05) is 0 Å². The predicted molar refractivity (Wildman–Crippen MR) is 81.6 cm³/mol.